The molecular weight excluding hydrogens is 336 g/mol. The molecule has 0 atom stereocenters. The zero-order valence-corrected chi connectivity index (χ0v) is 14.2. The van der Waals surface area contributed by atoms with E-state index in [-0.39, 0.29) is 18.0 Å². The third-order valence-corrected chi connectivity index (χ3v) is 4.14. The van der Waals surface area contributed by atoms with Gasteiger partial charge in [0, 0.05) is 12.1 Å². The van der Waals surface area contributed by atoms with E-state index in [4.69, 9.17) is 9.15 Å². The molecule has 0 saturated heterocycles. The summed E-state index contributed by atoms with van der Waals surface area (Å²) in [6.07, 6.45) is 1.56. The van der Waals surface area contributed by atoms with Crippen LogP contribution >= 0.6 is 0 Å². The fourth-order valence-electron chi connectivity index (χ4n) is 3.01. The van der Waals surface area contributed by atoms with Gasteiger partial charge in [0.25, 0.3) is 5.56 Å². The monoisotopic (exact) mass is 352 g/mol. The molecule has 3 heterocycles. The van der Waals surface area contributed by atoms with Crippen molar-refractivity contribution in [1.82, 2.24) is 14.2 Å². The van der Waals surface area contributed by atoms with Crippen LogP contribution in [0.4, 0.5) is 5.69 Å². The van der Waals surface area contributed by atoms with Crippen LogP contribution in [-0.4, -0.2) is 27.2 Å². The van der Waals surface area contributed by atoms with Crippen LogP contribution in [0.2, 0.25) is 0 Å². The van der Waals surface area contributed by atoms with Gasteiger partial charge in [-0.05, 0) is 19.1 Å². The largest absolute Gasteiger partial charge is 0.495 e. The van der Waals surface area contributed by atoms with E-state index in [1.54, 1.807) is 54.0 Å². The number of carbonyl (C=O) groups excluding carboxylic acids is 1. The Morgan fingerprint density at radius 1 is 1.27 bits per heavy atom. The van der Waals surface area contributed by atoms with Crippen molar-refractivity contribution in [1.29, 1.82) is 0 Å². The Morgan fingerprint density at radius 3 is 2.88 bits per heavy atom. The molecule has 0 spiro atoms. The van der Waals surface area contributed by atoms with Crippen molar-refractivity contribution in [2.75, 3.05) is 12.4 Å². The molecule has 8 nitrogen and oxygen atoms in total. The molecule has 4 aromatic rings. The summed E-state index contributed by atoms with van der Waals surface area (Å²) < 4.78 is 13.4. The first kappa shape index (κ1) is 15.9. The van der Waals surface area contributed by atoms with E-state index in [1.165, 1.54) is 7.11 Å². The molecule has 3 aromatic heterocycles. The van der Waals surface area contributed by atoms with E-state index in [9.17, 15) is 9.59 Å². The first-order chi connectivity index (χ1) is 12.6. The molecule has 1 aromatic carbocycles. The van der Waals surface area contributed by atoms with Crippen LogP contribution in [0, 0.1) is 6.92 Å². The Morgan fingerprint density at radius 2 is 2.08 bits per heavy atom. The first-order valence-corrected chi connectivity index (χ1v) is 7.97. The van der Waals surface area contributed by atoms with E-state index >= 15 is 0 Å². The topological polar surface area (TPSA) is 90.8 Å². The number of methoxy groups -OCH3 is 1. The summed E-state index contributed by atoms with van der Waals surface area (Å²) in [6, 6.07) is 10.5. The normalized spacial score (nSPS) is 11.2. The maximum atomic E-state index is 12.7. The lowest BCUT2D eigenvalue weighted by Gasteiger charge is -2.11. The molecule has 1 N–H and O–H groups in total. The van der Waals surface area contributed by atoms with E-state index < -0.39 is 0 Å². The number of hydrogen-bond donors (Lipinski definition) is 1. The fraction of sp³-hybridized carbons (Fsp3) is 0.167. The minimum atomic E-state index is -0.372. The average Bonchev–Trinajstić information content (AvgIpc) is 3.21. The highest BCUT2D eigenvalue weighted by atomic mass is 16.5. The second-order valence-corrected chi connectivity index (χ2v) is 5.79. The lowest BCUT2D eigenvalue weighted by Crippen LogP contribution is -2.31. The van der Waals surface area contributed by atoms with Crippen LogP contribution in [0.3, 0.4) is 0 Å². The number of rotatable bonds is 4. The highest BCUT2D eigenvalue weighted by Crippen LogP contribution is 2.23. The number of nitrogens with zero attached hydrogens (tertiary/aromatic N) is 3. The van der Waals surface area contributed by atoms with Crippen molar-refractivity contribution < 1.29 is 13.9 Å². The van der Waals surface area contributed by atoms with Gasteiger partial charge in [0.15, 0.2) is 5.58 Å². The van der Waals surface area contributed by atoms with Gasteiger partial charge in [-0.2, -0.15) is 5.10 Å². The van der Waals surface area contributed by atoms with Gasteiger partial charge in [-0.25, -0.2) is 4.68 Å². The number of aromatic nitrogens is 3. The molecule has 0 fully saturated rings. The predicted molar refractivity (Wildman–Crippen MR) is 95.6 cm³/mol. The highest BCUT2D eigenvalue weighted by Gasteiger charge is 2.16. The molecule has 0 saturated carbocycles. The number of ether oxygens (including phenoxy) is 1. The molecule has 0 aliphatic heterocycles. The predicted octanol–water partition coefficient (Wildman–Crippen LogP) is 2.20. The molecular formula is C18H16N4O4. The maximum Gasteiger partial charge on any atom is 0.291 e. The number of carbonyl (C=O) groups is 1. The van der Waals surface area contributed by atoms with Crippen LogP contribution < -0.4 is 15.6 Å². The summed E-state index contributed by atoms with van der Waals surface area (Å²) in [4.78, 5) is 25.1. The van der Waals surface area contributed by atoms with Gasteiger partial charge in [0.05, 0.1) is 24.6 Å². The number of furan rings is 1. The number of fused-ring (bicyclic) bond motifs is 3. The van der Waals surface area contributed by atoms with E-state index in [0.717, 1.165) is 10.2 Å². The summed E-state index contributed by atoms with van der Waals surface area (Å²) in [5, 5.41) is 7.00. The summed E-state index contributed by atoms with van der Waals surface area (Å²) in [7, 11) is 1.52. The molecule has 8 heteroatoms. The smallest absolute Gasteiger partial charge is 0.291 e. The molecule has 0 unspecified atom stereocenters. The lowest BCUT2D eigenvalue weighted by molar-refractivity contribution is -0.117. The van der Waals surface area contributed by atoms with E-state index in [2.05, 4.69) is 10.4 Å². The SMILES string of the molecule is COc1ccccc1NC(=O)Cn1nc(C)n2c(cc3occc32)c1=O. The Kier molecular flexibility index (Phi) is 3.72. The van der Waals surface area contributed by atoms with Crippen molar-refractivity contribution in [3.8, 4) is 5.75 Å². The summed E-state index contributed by atoms with van der Waals surface area (Å²) in [5.41, 5.74) is 1.95. The van der Waals surface area contributed by atoms with Gasteiger partial charge in [0.1, 0.15) is 23.6 Å². The quantitative estimate of drug-likeness (QED) is 0.608. The number of amides is 1. The Labute approximate surface area is 147 Å². The van der Waals surface area contributed by atoms with Crippen LogP contribution in [0.15, 0.2) is 51.9 Å². The van der Waals surface area contributed by atoms with Gasteiger partial charge >= 0.3 is 0 Å². The summed E-state index contributed by atoms with van der Waals surface area (Å²) in [6.45, 7) is 1.56. The second-order valence-electron chi connectivity index (χ2n) is 5.79. The third-order valence-electron chi connectivity index (χ3n) is 4.14. The number of para-hydroxylation sites is 2. The van der Waals surface area contributed by atoms with Gasteiger partial charge in [-0.15, -0.1) is 0 Å². The van der Waals surface area contributed by atoms with Gasteiger partial charge in [-0.3, -0.25) is 14.0 Å². The number of aryl methyl sites for hydroxylation is 1. The van der Waals surface area contributed by atoms with Gasteiger partial charge in [0.2, 0.25) is 5.91 Å². The Bertz CT molecular complexity index is 1190. The number of hydrogen-bond acceptors (Lipinski definition) is 5. The molecule has 132 valence electrons. The molecule has 4 rings (SSSR count). The molecule has 1 amide bonds. The van der Waals surface area contributed by atoms with Crippen LogP contribution in [0.1, 0.15) is 5.82 Å². The highest BCUT2D eigenvalue weighted by molar-refractivity contribution is 5.92. The number of benzene rings is 1. The third kappa shape index (κ3) is 2.52. The molecule has 0 aliphatic carbocycles. The standard InChI is InChI=1S/C18H16N4O4/c1-11-20-21(10-17(23)19-12-5-3-4-6-15(12)25-2)18(24)14-9-16-13(22(11)14)7-8-26-16/h3-9H,10H2,1-2H3,(H,19,23). The van der Waals surface area contributed by atoms with E-state index in [0.29, 0.717) is 28.4 Å². The zero-order valence-electron chi connectivity index (χ0n) is 14.2. The maximum absolute atomic E-state index is 12.7. The van der Waals surface area contributed by atoms with Crippen molar-refractivity contribution in [3.05, 3.63) is 58.8 Å². The lowest BCUT2D eigenvalue weighted by atomic mass is 10.3. The van der Waals surface area contributed by atoms with Crippen molar-refractivity contribution in [2.24, 2.45) is 0 Å². The average molecular weight is 352 g/mol. The number of nitrogens with one attached hydrogen (secondary N) is 1. The van der Waals surface area contributed by atoms with Crippen molar-refractivity contribution in [2.45, 2.75) is 13.5 Å². The minimum Gasteiger partial charge on any atom is -0.495 e. The molecule has 0 aliphatic rings. The van der Waals surface area contributed by atoms with Gasteiger partial charge in [-0.1, -0.05) is 12.1 Å². The molecule has 0 bridgehead atoms. The van der Waals surface area contributed by atoms with Crippen LogP contribution in [0.5, 0.6) is 5.75 Å². The number of anilines is 1. The molecule has 0 radical (unpaired) electrons. The van der Waals surface area contributed by atoms with Crippen molar-refractivity contribution in [3.63, 3.8) is 0 Å². The fourth-order valence-corrected chi connectivity index (χ4v) is 3.01. The summed E-state index contributed by atoms with van der Waals surface area (Å²) in [5.74, 6) is 0.754. The zero-order chi connectivity index (χ0) is 18.3. The van der Waals surface area contributed by atoms with E-state index in [1.807, 2.05) is 0 Å². The summed E-state index contributed by atoms with van der Waals surface area (Å²) >= 11 is 0. The van der Waals surface area contributed by atoms with Crippen molar-refractivity contribution >= 4 is 28.2 Å². The van der Waals surface area contributed by atoms with Crippen LogP contribution in [0.25, 0.3) is 16.6 Å². The minimum absolute atomic E-state index is 0.208. The molecule has 26 heavy (non-hydrogen) atoms. The Hall–Kier alpha value is -3.55. The first-order valence-electron chi connectivity index (χ1n) is 7.97. The Balaban J connectivity index is 1.68. The van der Waals surface area contributed by atoms with Gasteiger partial charge < -0.3 is 14.5 Å². The second kappa shape index (κ2) is 6.07. The van der Waals surface area contributed by atoms with Crippen LogP contribution in [-0.2, 0) is 11.3 Å².